The van der Waals surface area contributed by atoms with Crippen molar-refractivity contribution in [1.82, 2.24) is 9.88 Å². The molecule has 1 aliphatic rings. The molecule has 1 aromatic rings. The minimum atomic E-state index is -0.395. The monoisotopic (exact) mass is 273 g/mol. The van der Waals surface area contributed by atoms with Crippen LogP contribution in [-0.4, -0.2) is 46.6 Å². The van der Waals surface area contributed by atoms with E-state index in [-0.39, 0.29) is 18.4 Å². The third-order valence-electron chi connectivity index (χ3n) is 3.53. The van der Waals surface area contributed by atoms with Crippen LogP contribution in [0, 0.1) is 17.8 Å². The fourth-order valence-electron chi connectivity index (χ4n) is 2.34. The van der Waals surface area contributed by atoms with Gasteiger partial charge >= 0.3 is 0 Å². The van der Waals surface area contributed by atoms with Gasteiger partial charge in [-0.1, -0.05) is 11.8 Å². The number of pyridine rings is 1. The van der Waals surface area contributed by atoms with Gasteiger partial charge in [-0.3, -0.25) is 4.79 Å². The van der Waals surface area contributed by atoms with Gasteiger partial charge in [0.1, 0.15) is 5.69 Å². The predicted molar refractivity (Wildman–Crippen MR) is 75.9 cm³/mol. The number of aromatic nitrogens is 1. The Bertz CT molecular complexity index is 546. The summed E-state index contributed by atoms with van der Waals surface area (Å²) in [6, 6.07) is 3.52. The fraction of sp³-hybridized carbons (Fsp3) is 0.467. The maximum Gasteiger partial charge on any atom is 0.273 e. The quantitative estimate of drug-likeness (QED) is 0.756. The van der Waals surface area contributed by atoms with E-state index < -0.39 is 6.10 Å². The van der Waals surface area contributed by atoms with Gasteiger partial charge in [-0.15, -0.1) is 0 Å². The van der Waals surface area contributed by atoms with Gasteiger partial charge in [0, 0.05) is 25.2 Å². The number of carbonyl (C=O) groups excluding carboxylic acids is 1. The number of carbonyl (C=O) groups is 1. The van der Waals surface area contributed by atoms with Crippen molar-refractivity contribution < 1.29 is 9.90 Å². The first-order valence-corrected chi connectivity index (χ1v) is 6.74. The van der Waals surface area contributed by atoms with Crippen LogP contribution in [0.3, 0.4) is 0 Å². The van der Waals surface area contributed by atoms with Gasteiger partial charge in [-0.25, -0.2) is 4.98 Å². The Balaban J connectivity index is 2.18. The molecular weight excluding hydrogens is 254 g/mol. The van der Waals surface area contributed by atoms with E-state index in [4.69, 9.17) is 5.73 Å². The molecule has 1 fully saturated rings. The molecule has 0 radical (unpaired) electrons. The van der Waals surface area contributed by atoms with E-state index in [1.54, 1.807) is 30.2 Å². The molecule has 2 unspecified atom stereocenters. The number of nitrogens with two attached hydrogens (primary N) is 1. The average molecular weight is 273 g/mol. The summed E-state index contributed by atoms with van der Waals surface area (Å²) in [4.78, 5) is 18.4. The zero-order valence-corrected chi connectivity index (χ0v) is 11.5. The van der Waals surface area contributed by atoms with Crippen LogP contribution in [0.1, 0.15) is 29.4 Å². The molecule has 0 bridgehead atoms. The summed E-state index contributed by atoms with van der Waals surface area (Å²) in [5.41, 5.74) is 6.32. The Morgan fingerprint density at radius 2 is 2.50 bits per heavy atom. The van der Waals surface area contributed by atoms with Crippen LogP contribution in [0.4, 0.5) is 0 Å². The maximum absolute atomic E-state index is 12.5. The third kappa shape index (κ3) is 3.16. The molecule has 1 amide bonds. The van der Waals surface area contributed by atoms with E-state index in [1.807, 2.05) is 0 Å². The number of nitrogens with zero attached hydrogens (tertiary/aromatic N) is 2. The van der Waals surface area contributed by atoms with Crippen molar-refractivity contribution >= 4 is 5.91 Å². The Morgan fingerprint density at radius 3 is 3.15 bits per heavy atom. The summed E-state index contributed by atoms with van der Waals surface area (Å²) in [6.45, 7) is 3.22. The van der Waals surface area contributed by atoms with Gasteiger partial charge in [-0.05, 0) is 25.5 Å². The molecule has 106 valence electrons. The molecule has 1 aromatic heterocycles. The highest BCUT2D eigenvalue weighted by molar-refractivity contribution is 5.95. The zero-order valence-electron chi connectivity index (χ0n) is 11.5. The molecule has 1 saturated heterocycles. The molecule has 20 heavy (non-hydrogen) atoms. The standard InChI is InChI=1S/C15H19N3O2/c1-11(19)13-6-9-18(10-13)15(20)14-12(4-2-7-16)5-3-8-17-14/h3,5,8,11,13,19H,6-7,9-10,16H2,1H3. The molecule has 2 heterocycles. The zero-order chi connectivity index (χ0) is 14.5. The van der Waals surface area contributed by atoms with Crippen LogP contribution in [0.2, 0.25) is 0 Å². The summed E-state index contributed by atoms with van der Waals surface area (Å²) in [7, 11) is 0. The van der Waals surface area contributed by atoms with Crippen LogP contribution in [0.15, 0.2) is 18.3 Å². The maximum atomic E-state index is 12.5. The lowest BCUT2D eigenvalue weighted by Gasteiger charge is -2.17. The van der Waals surface area contributed by atoms with Gasteiger partial charge < -0.3 is 15.7 Å². The lowest BCUT2D eigenvalue weighted by atomic mass is 10.0. The van der Waals surface area contributed by atoms with Crippen LogP contribution >= 0.6 is 0 Å². The van der Waals surface area contributed by atoms with Gasteiger partial charge in [0.05, 0.1) is 18.2 Å². The predicted octanol–water partition coefficient (Wildman–Crippen LogP) is 0.235. The number of amides is 1. The highest BCUT2D eigenvalue weighted by Crippen LogP contribution is 2.21. The van der Waals surface area contributed by atoms with Gasteiger partial charge in [0.2, 0.25) is 0 Å². The normalized spacial score (nSPS) is 19.4. The molecule has 0 saturated carbocycles. The first-order chi connectivity index (χ1) is 9.63. The van der Waals surface area contributed by atoms with Crippen LogP contribution in [0.25, 0.3) is 0 Å². The van der Waals surface area contributed by atoms with Crippen LogP contribution < -0.4 is 5.73 Å². The number of hydrogen-bond donors (Lipinski definition) is 2. The molecular formula is C15H19N3O2. The smallest absolute Gasteiger partial charge is 0.273 e. The van der Waals surface area contributed by atoms with E-state index in [2.05, 4.69) is 16.8 Å². The second kappa shape index (κ2) is 6.51. The number of aliphatic hydroxyl groups excluding tert-OH is 1. The van der Waals surface area contributed by atoms with Crippen molar-refractivity contribution in [1.29, 1.82) is 0 Å². The molecule has 0 aliphatic carbocycles. The molecule has 5 heteroatoms. The Labute approximate surface area is 118 Å². The molecule has 3 N–H and O–H groups in total. The van der Waals surface area contributed by atoms with Crippen molar-refractivity contribution in [2.24, 2.45) is 11.7 Å². The highest BCUT2D eigenvalue weighted by atomic mass is 16.3. The summed E-state index contributed by atoms with van der Waals surface area (Å²) in [6.07, 6.45) is 2.01. The van der Waals surface area contributed by atoms with Gasteiger partial charge in [-0.2, -0.15) is 0 Å². The van der Waals surface area contributed by atoms with Crippen LogP contribution in [-0.2, 0) is 0 Å². The molecule has 0 spiro atoms. The van der Waals surface area contributed by atoms with E-state index >= 15 is 0 Å². The number of aliphatic hydroxyl groups is 1. The van der Waals surface area contributed by atoms with Crippen molar-refractivity contribution in [2.75, 3.05) is 19.6 Å². The first-order valence-electron chi connectivity index (χ1n) is 6.74. The third-order valence-corrected chi connectivity index (χ3v) is 3.53. The topological polar surface area (TPSA) is 79.5 Å². The van der Waals surface area contributed by atoms with Crippen molar-refractivity contribution in [3.05, 3.63) is 29.6 Å². The van der Waals surface area contributed by atoms with E-state index in [0.29, 0.717) is 24.3 Å². The van der Waals surface area contributed by atoms with Gasteiger partial charge in [0.15, 0.2) is 0 Å². The number of hydrogen-bond acceptors (Lipinski definition) is 4. The second-order valence-corrected chi connectivity index (χ2v) is 4.95. The molecule has 2 atom stereocenters. The minimum Gasteiger partial charge on any atom is -0.393 e. The summed E-state index contributed by atoms with van der Waals surface area (Å²) in [5.74, 6) is 5.63. The Morgan fingerprint density at radius 1 is 1.70 bits per heavy atom. The van der Waals surface area contributed by atoms with E-state index in [1.165, 1.54) is 0 Å². The van der Waals surface area contributed by atoms with Gasteiger partial charge in [0.25, 0.3) is 5.91 Å². The largest absolute Gasteiger partial charge is 0.393 e. The van der Waals surface area contributed by atoms with Crippen molar-refractivity contribution in [3.8, 4) is 11.8 Å². The SMILES string of the molecule is CC(O)C1CCN(C(=O)c2ncccc2C#CCN)C1. The van der Waals surface area contributed by atoms with E-state index in [9.17, 15) is 9.90 Å². The minimum absolute atomic E-state index is 0.130. The average Bonchev–Trinajstić information content (AvgIpc) is 2.94. The van der Waals surface area contributed by atoms with Crippen LogP contribution in [0.5, 0.6) is 0 Å². The Hall–Kier alpha value is -1.90. The van der Waals surface area contributed by atoms with Crippen molar-refractivity contribution in [3.63, 3.8) is 0 Å². The molecule has 2 rings (SSSR count). The second-order valence-electron chi connectivity index (χ2n) is 4.95. The van der Waals surface area contributed by atoms with Crippen molar-refractivity contribution in [2.45, 2.75) is 19.4 Å². The summed E-state index contributed by atoms with van der Waals surface area (Å²) >= 11 is 0. The molecule has 1 aliphatic heterocycles. The fourth-order valence-corrected chi connectivity index (χ4v) is 2.34. The Kier molecular flexibility index (Phi) is 4.72. The lowest BCUT2D eigenvalue weighted by molar-refractivity contribution is 0.0756. The molecule has 0 aromatic carbocycles. The first kappa shape index (κ1) is 14.5. The lowest BCUT2D eigenvalue weighted by Crippen LogP contribution is -2.31. The number of likely N-dealkylation sites (tertiary alicyclic amines) is 1. The number of rotatable bonds is 2. The molecule has 5 nitrogen and oxygen atoms in total. The highest BCUT2D eigenvalue weighted by Gasteiger charge is 2.30. The van der Waals surface area contributed by atoms with E-state index in [0.717, 1.165) is 6.42 Å². The summed E-state index contributed by atoms with van der Waals surface area (Å²) in [5, 5.41) is 9.60. The summed E-state index contributed by atoms with van der Waals surface area (Å²) < 4.78 is 0.